The van der Waals surface area contributed by atoms with Crippen LogP contribution in [0.3, 0.4) is 0 Å². The molecule has 21 heavy (non-hydrogen) atoms. The maximum atomic E-state index is 11.6. The van der Waals surface area contributed by atoms with Crippen LogP contribution in [0.4, 0.5) is 0 Å². The van der Waals surface area contributed by atoms with Gasteiger partial charge in [-0.1, -0.05) is 19.9 Å². The maximum absolute atomic E-state index is 11.6. The summed E-state index contributed by atoms with van der Waals surface area (Å²) in [6.45, 7) is 8.55. The predicted molar refractivity (Wildman–Crippen MR) is 82.5 cm³/mol. The van der Waals surface area contributed by atoms with Gasteiger partial charge in [0.2, 0.25) is 5.91 Å². The first-order valence-corrected chi connectivity index (χ1v) is 7.20. The molecular formula is C16H24N2O3. The quantitative estimate of drug-likeness (QED) is 0.804. The van der Waals surface area contributed by atoms with E-state index >= 15 is 0 Å². The van der Waals surface area contributed by atoms with Crippen molar-refractivity contribution in [3.8, 4) is 5.75 Å². The fourth-order valence-electron chi connectivity index (χ4n) is 2.02. The lowest BCUT2D eigenvalue weighted by atomic mass is 9.98. The summed E-state index contributed by atoms with van der Waals surface area (Å²) in [5, 5.41) is 5.11. The number of hydrogen-bond acceptors (Lipinski definition) is 3. The molecule has 0 aromatic heterocycles. The lowest BCUT2D eigenvalue weighted by Gasteiger charge is -2.12. The van der Waals surface area contributed by atoms with Gasteiger partial charge in [-0.2, -0.15) is 0 Å². The Morgan fingerprint density at radius 3 is 2.48 bits per heavy atom. The number of likely N-dealkylation sites (N-methyl/N-ethyl adjacent to an activating group) is 1. The van der Waals surface area contributed by atoms with Gasteiger partial charge in [0.05, 0.1) is 6.54 Å². The summed E-state index contributed by atoms with van der Waals surface area (Å²) in [6.07, 6.45) is 0. The van der Waals surface area contributed by atoms with E-state index in [1.165, 1.54) is 5.56 Å². The SMILES string of the molecule is CCNC(=O)CNC(=O)COc1ccc(C(C)C)c(C)c1. The third-order valence-electron chi connectivity index (χ3n) is 3.05. The minimum atomic E-state index is -0.313. The number of benzene rings is 1. The van der Waals surface area contributed by atoms with Crippen LogP contribution in [0.15, 0.2) is 18.2 Å². The molecule has 0 saturated carbocycles. The van der Waals surface area contributed by atoms with Crippen LogP contribution < -0.4 is 15.4 Å². The number of rotatable bonds is 7. The van der Waals surface area contributed by atoms with E-state index < -0.39 is 0 Å². The van der Waals surface area contributed by atoms with Crippen LogP contribution in [-0.4, -0.2) is 31.5 Å². The largest absolute Gasteiger partial charge is 0.484 e. The number of carbonyl (C=O) groups is 2. The van der Waals surface area contributed by atoms with Crippen LogP contribution in [0.25, 0.3) is 0 Å². The molecule has 2 N–H and O–H groups in total. The number of aryl methyl sites for hydroxylation is 1. The summed E-state index contributed by atoms with van der Waals surface area (Å²) in [5.74, 6) is 0.597. The van der Waals surface area contributed by atoms with Gasteiger partial charge in [-0.3, -0.25) is 9.59 Å². The van der Waals surface area contributed by atoms with Crippen molar-refractivity contribution in [3.63, 3.8) is 0 Å². The van der Waals surface area contributed by atoms with Gasteiger partial charge < -0.3 is 15.4 Å². The third kappa shape index (κ3) is 5.85. The molecule has 0 bridgehead atoms. The molecule has 1 rings (SSSR count). The monoisotopic (exact) mass is 292 g/mol. The maximum Gasteiger partial charge on any atom is 0.258 e. The Hall–Kier alpha value is -2.04. The molecule has 0 atom stereocenters. The zero-order valence-electron chi connectivity index (χ0n) is 13.2. The van der Waals surface area contributed by atoms with Gasteiger partial charge in [-0.15, -0.1) is 0 Å². The molecular weight excluding hydrogens is 268 g/mol. The van der Waals surface area contributed by atoms with Gasteiger partial charge in [0.1, 0.15) is 5.75 Å². The van der Waals surface area contributed by atoms with Crippen molar-refractivity contribution in [2.24, 2.45) is 0 Å². The number of carbonyl (C=O) groups excluding carboxylic acids is 2. The van der Waals surface area contributed by atoms with E-state index in [1.54, 1.807) is 0 Å². The highest BCUT2D eigenvalue weighted by Gasteiger charge is 2.08. The van der Waals surface area contributed by atoms with Crippen LogP contribution in [0.1, 0.15) is 37.8 Å². The zero-order chi connectivity index (χ0) is 15.8. The molecule has 0 aliphatic carbocycles. The number of ether oxygens (including phenoxy) is 1. The van der Waals surface area contributed by atoms with E-state index in [0.717, 1.165) is 5.56 Å². The molecule has 0 spiro atoms. The topological polar surface area (TPSA) is 67.4 Å². The molecule has 2 amide bonds. The number of nitrogens with one attached hydrogen (secondary N) is 2. The second-order valence-electron chi connectivity index (χ2n) is 5.19. The second-order valence-corrected chi connectivity index (χ2v) is 5.19. The smallest absolute Gasteiger partial charge is 0.258 e. The van der Waals surface area contributed by atoms with Crippen molar-refractivity contribution in [2.75, 3.05) is 19.7 Å². The van der Waals surface area contributed by atoms with E-state index in [9.17, 15) is 9.59 Å². The Labute approximate surface area is 126 Å². The van der Waals surface area contributed by atoms with Gasteiger partial charge >= 0.3 is 0 Å². The van der Waals surface area contributed by atoms with E-state index in [1.807, 2.05) is 32.0 Å². The second kappa shape index (κ2) is 8.29. The molecule has 0 radical (unpaired) electrons. The first-order chi connectivity index (χ1) is 9.93. The minimum Gasteiger partial charge on any atom is -0.484 e. The van der Waals surface area contributed by atoms with Crippen LogP contribution >= 0.6 is 0 Å². The molecule has 0 aliphatic heterocycles. The van der Waals surface area contributed by atoms with E-state index in [-0.39, 0.29) is 25.0 Å². The molecule has 0 aliphatic rings. The van der Waals surface area contributed by atoms with Gasteiger partial charge in [-0.25, -0.2) is 0 Å². The lowest BCUT2D eigenvalue weighted by molar-refractivity contribution is -0.127. The molecule has 5 heteroatoms. The van der Waals surface area contributed by atoms with Crippen LogP contribution in [0.5, 0.6) is 5.75 Å². The van der Waals surface area contributed by atoms with E-state index in [0.29, 0.717) is 18.2 Å². The standard InChI is InChI=1S/C16H24N2O3/c1-5-17-15(19)9-18-16(20)10-21-13-6-7-14(11(2)3)12(4)8-13/h6-8,11H,5,9-10H2,1-4H3,(H,17,19)(H,18,20). The molecule has 0 unspecified atom stereocenters. The molecule has 0 heterocycles. The Bertz CT molecular complexity index is 498. The summed E-state index contributed by atoms with van der Waals surface area (Å²) < 4.78 is 5.43. The summed E-state index contributed by atoms with van der Waals surface area (Å²) in [4.78, 5) is 22.8. The summed E-state index contributed by atoms with van der Waals surface area (Å²) in [5.41, 5.74) is 2.41. The van der Waals surface area contributed by atoms with Gasteiger partial charge in [0.25, 0.3) is 5.91 Å². The summed E-state index contributed by atoms with van der Waals surface area (Å²) in [7, 11) is 0. The molecule has 116 valence electrons. The van der Waals surface area contributed by atoms with Crippen LogP contribution in [-0.2, 0) is 9.59 Å². The first-order valence-electron chi connectivity index (χ1n) is 7.20. The van der Waals surface area contributed by atoms with Crippen molar-refractivity contribution in [1.29, 1.82) is 0 Å². The zero-order valence-corrected chi connectivity index (χ0v) is 13.2. The highest BCUT2D eigenvalue weighted by atomic mass is 16.5. The summed E-state index contributed by atoms with van der Waals surface area (Å²) in [6, 6.07) is 5.80. The Morgan fingerprint density at radius 1 is 1.19 bits per heavy atom. The Morgan fingerprint density at radius 2 is 1.90 bits per heavy atom. The van der Waals surface area contributed by atoms with Crippen molar-refractivity contribution >= 4 is 11.8 Å². The van der Waals surface area contributed by atoms with Crippen molar-refractivity contribution in [3.05, 3.63) is 29.3 Å². The van der Waals surface area contributed by atoms with Crippen LogP contribution in [0, 0.1) is 6.92 Å². The van der Waals surface area contributed by atoms with Gasteiger partial charge in [0, 0.05) is 6.54 Å². The van der Waals surface area contributed by atoms with Crippen molar-refractivity contribution in [1.82, 2.24) is 10.6 Å². The van der Waals surface area contributed by atoms with Crippen LogP contribution in [0.2, 0.25) is 0 Å². The average Bonchev–Trinajstić information content (AvgIpc) is 2.43. The highest BCUT2D eigenvalue weighted by molar-refractivity contribution is 5.85. The molecule has 1 aromatic carbocycles. The van der Waals surface area contributed by atoms with Gasteiger partial charge in [0.15, 0.2) is 6.61 Å². The molecule has 0 fully saturated rings. The third-order valence-corrected chi connectivity index (χ3v) is 3.05. The number of hydrogen-bond donors (Lipinski definition) is 2. The summed E-state index contributed by atoms with van der Waals surface area (Å²) >= 11 is 0. The van der Waals surface area contributed by atoms with Crippen molar-refractivity contribution < 1.29 is 14.3 Å². The van der Waals surface area contributed by atoms with Gasteiger partial charge in [-0.05, 0) is 43.0 Å². The first kappa shape index (κ1) is 17.0. The Balaban J connectivity index is 2.43. The average molecular weight is 292 g/mol. The Kier molecular flexibility index (Phi) is 6.72. The molecule has 1 aromatic rings. The highest BCUT2D eigenvalue weighted by Crippen LogP contribution is 2.23. The fourth-order valence-corrected chi connectivity index (χ4v) is 2.02. The van der Waals surface area contributed by atoms with Crippen molar-refractivity contribution in [2.45, 2.75) is 33.6 Å². The molecule has 0 saturated heterocycles. The van der Waals surface area contributed by atoms with E-state index in [2.05, 4.69) is 24.5 Å². The normalized spacial score (nSPS) is 10.3. The minimum absolute atomic E-state index is 0.0264. The van der Waals surface area contributed by atoms with E-state index in [4.69, 9.17) is 4.74 Å². The lowest BCUT2D eigenvalue weighted by Crippen LogP contribution is -2.38. The fraction of sp³-hybridized carbons (Fsp3) is 0.500. The molecule has 5 nitrogen and oxygen atoms in total. The number of amides is 2. The predicted octanol–water partition coefficient (Wildman–Crippen LogP) is 1.75.